The van der Waals surface area contributed by atoms with Crippen LogP contribution < -0.4 is 10.6 Å². The number of aliphatic hydroxyl groups is 1. The Bertz CT molecular complexity index is 566. The van der Waals surface area contributed by atoms with E-state index < -0.39 is 15.4 Å². The van der Waals surface area contributed by atoms with Crippen molar-refractivity contribution in [3.8, 4) is 0 Å². The minimum atomic E-state index is -3.40. The zero-order chi connectivity index (χ0) is 14.3. The van der Waals surface area contributed by atoms with Gasteiger partial charge >= 0.3 is 0 Å². The lowest BCUT2D eigenvalue weighted by Gasteiger charge is -2.37. The second kappa shape index (κ2) is 4.92. The fourth-order valence-electron chi connectivity index (χ4n) is 2.32. The number of nitrogens with zero attached hydrogens (tertiary/aromatic N) is 2. The molecule has 2 rings (SSSR count). The highest BCUT2D eigenvalue weighted by atomic mass is 32.2. The number of rotatable bonds is 3. The lowest BCUT2D eigenvalue weighted by Crippen LogP contribution is -2.46. The van der Waals surface area contributed by atoms with E-state index in [4.69, 9.17) is 5.73 Å². The predicted octanol–water partition coefficient (Wildman–Crippen LogP) is 0.870. The molecule has 8 heteroatoms. The minimum absolute atomic E-state index is 0.00710. The lowest BCUT2D eigenvalue weighted by atomic mass is 9.95. The van der Waals surface area contributed by atoms with Crippen LogP contribution in [-0.2, 0) is 9.84 Å². The molecule has 1 atom stereocenters. The average Bonchev–Trinajstić information content (AvgIpc) is 2.70. The second-order valence-electron chi connectivity index (χ2n) is 5.13. The van der Waals surface area contributed by atoms with Crippen molar-refractivity contribution < 1.29 is 13.5 Å². The van der Waals surface area contributed by atoms with Gasteiger partial charge in [0.15, 0.2) is 15.7 Å². The van der Waals surface area contributed by atoms with Crippen LogP contribution in [0.15, 0.2) is 4.90 Å². The zero-order valence-corrected chi connectivity index (χ0v) is 12.7. The number of anilines is 2. The summed E-state index contributed by atoms with van der Waals surface area (Å²) in [6, 6.07) is 0. The third kappa shape index (κ3) is 2.85. The maximum Gasteiger partial charge on any atom is 0.184 e. The molecule has 1 aromatic rings. The van der Waals surface area contributed by atoms with Crippen molar-refractivity contribution in [3.63, 3.8) is 0 Å². The van der Waals surface area contributed by atoms with Crippen LogP contribution >= 0.6 is 11.5 Å². The molecule has 108 valence electrons. The van der Waals surface area contributed by atoms with Crippen LogP contribution in [0.1, 0.15) is 26.7 Å². The molecule has 0 aliphatic carbocycles. The normalized spacial score (nSPS) is 24.7. The van der Waals surface area contributed by atoms with E-state index in [2.05, 4.69) is 4.37 Å². The van der Waals surface area contributed by atoms with Gasteiger partial charge in [0.2, 0.25) is 0 Å². The van der Waals surface area contributed by atoms with Gasteiger partial charge in [-0.05, 0) is 31.3 Å². The van der Waals surface area contributed by atoms with Gasteiger partial charge in [0.1, 0.15) is 9.90 Å². The zero-order valence-electron chi connectivity index (χ0n) is 11.1. The van der Waals surface area contributed by atoms with Gasteiger partial charge in [0.25, 0.3) is 0 Å². The molecular formula is C11H19N3O3S2. The van der Waals surface area contributed by atoms with Crippen LogP contribution in [0.3, 0.4) is 0 Å². The van der Waals surface area contributed by atoms with Crippen LogP contribution in [0.2, 0.25) is 0 Å². The predicted molar refractivity (Wildman–Crippen MR) is 76.3 cm³/mol. The summed E-state index contributed by atoms with van der Waals surface area (Å²) >= 11 is 1.09. The number of hydrogen-bond donors (Lipinski definition) is 2. The maximum atomic E-state index is 12.1. The Labute approximate surface area is 117 Å². The quantitative estimate of drug-likeness (QED) is 0.860. The number of nitrogens with two attached hydrogens (primary N) is 1. The van der Waals surface area contributed by atoms with Crippen molar-refractivity contribution in [1.82, 2.24) is 4.37 Å². The number of nitrogen functional groups attached to an aromatic ring is 1. The largest absolute Gasteiger partial charge is 0.388 e. The fourth-order valence-corrected chi connectivity index (χ4v) is 4.65. The Hall–Kier alpha value is -0.860. The van der Waals surface area contributed by atoms with Gasteiger partial charge < -0.3 is 15.7 Å². The molecule has 0 amide bonds. The van der Waals surface area contributed by atoms with Gasteiger partial charge in [0.05, 0.1) is 11.4 Å². The summed E-state index contributed by atoms with van der Waals surface area (Å²) in [5, 5.41) is 10.7. The van der Waals surface area contributed by atoms with Gasteiger partial charge in [-0.15, -0.1) is 0 Å². The molecule has 1 unspecified atom stereocenters. The monoisotopic (exact) mass is 305 g/mol. The summed E-state index contributed by atoms with van der Waals surface area (Å²) in [6.07, 6.45) is 1.53. The molecule has 0 radical (unpaired) electrons. The third-order valence-corrected chi connectivity index (χ3v) is 6.15. The number of aromatic nitrogens is 1. The first-order valence-electron chi connectivity index (χ1n) is 6.22. The van der Waals surface area contributed by atoms with E-state index in [1.807, 2.05) is 4.90 Å². The van der Waals surface area contributed by atoms with Crippen LogP contribution in [0.25, 0.3) is 0 Å². The van der Waals surface area contributed by atoms with Crippen LogP contribution in [0.5, 0.6) is 0 Å². The van der Waals surface area contributed by atoms with E-state index in [0.29, 0.717) is 24.5 Å². The van der Waals surface area contributed by atoms with E-state index >= 15 is 0 Å². The molecular weight excluding hydrogens is 286 g/mol. The molecule has 1 aromatic heterocycles. The standard InChI is InChI=1S/C11H19N3O3S2/c1-3-19(16,17)8-9(12)13-18-10(8)14-6-4-5-11(2,15)7-14/h15H,3-7H2,1-2H3,(H2,12,13). The van der Waals surface area contributed by atoms with E-state index in [0.717, 1.165) is 18.0 Å². The highest BCUT2D eigenvalue weighted by Gasteiger charge is 2.33. The molecule has 2 heterocycles. The van der Waals surface area contributed by atoms with E-state index in [9.17, 15) is 13.5 Å². The molecule has 1 saturated heterocycles. The number of β-amino-alcohol motifs (C(OH)–C–C–N with tert-alkyl or cyclic N) is 1. The molecule has 0 aromatic carbocycles. The molecule has 6 nitrogen and oxygen atoms in total. The lowest BCUT2D eigenvalue weighted by molar-refractivity contribution is 0.0450. The number of sulfone groups is 1. The van der Waals surface area contributed by atoms with Crippen molar-refractivity contribution in [2.24, 2.45) is 0 Å². The molecule has 0 bridgehead atoms. The van der Waals surface area contributed by atoms with Crippen LogP contribution in [0.4, 0.5) is 10.8 Å². The molecule has 1 aliphatic heterocycles. The highest BCUT2D eigenvalue weighted by Crippen LogP contribution is 2.37. The molecule has 1 aliphatic rings. The topological polar surface area (TPSA) is 96.5 Å². The van der Waals surface area contributed by atoms with Crippen molar-refractivity contribution in [2.45, 2.75) is 37.2 Å². The summed E-state index contributed by atoms with van der Waals surface area (Å²) < 4.78 is 28.2. The summed E-state index contributed by atoms with van der Waals surface area (Å²) in [5.41, 5.74) is 4.91. The van der Waals surface area contributed by atoms with Gasteiger partial charge in [-0.1, -0.05) is 6.92 Å². The highest BCUT2D eigenvalue weighted by molar-refractivity contribution is 7.91. The smallest absolute Gasteiger partial charge is 0.184 e. The Morgan fingerprint density at radius 2 is 2.26 bits per heavy atom. The van der Waals surface area contributed by atoms with E-state index in [1.165, 1.54) is 0 Å². The fraction of sp³-hybridized carbons (Fsp3) is 0.727. The first kappa shape index (κ1) is 14.5. The van der Waals surface area contributed by atoms with Crippen LogP contribution in [0, 0.1) is 0 Å². The molecule has 0 saturated carbocycles. The van der Waals surface area contributed by atoms with Crippen LogP contribution in [-0.4, -0.2) is 42.3 Å². The van der Waals surface area contributed by atoms with E-state index in [-0.39, 0.29) is 16.5 Å². The Morgan fingerprint density at radius 1 is 1.58 bits per heavy atom. The number of piperidine rings is 1. The molecule has 1 fully saturated rings. The second-order valence-corrected chi connectivity index (χ2v) is 8.09. The molecule has 0 spiro atoms. The Morgan fingerprint density at radius 3 is 2.84 bits per heavy atom. The average molecular weight is 305 g/mol. The molecule has 3 N–H and O–H groups in total. The third-order valence-electron chi connectivity index (χ3n) is 3.31. The summed E-state index contributed by atoms with van der Waals surface area (Å²) in [6.45, 7) is 4.46. The van der Waals surface area contributed by atoms with Gasteiger partial charge in [-0.25, -0.2) is 8.42 Å². The van der Waals surface area contributed by atoms with Crippen molar-refractivity contribution >= 4 is 32.2 Å². The van der Waals surface area contributed by atoms with Gasteiger partial charge in [-0.2, -0.15) is 4.37 Å². The minimum Gasteiger partial charge on any atom is -0.388 e. The SMILES string of the molecule is CCS(=O)(=O)c1c(N)nsc1N1CCCC(C)(O)C1. The van der Waals surface area contributed by atoms with Crippen molar-refractivity contribution in [1.29, 1.82) is 0 Å². The molecule has 19 heavy (non-hydrogen) atoms. The first-order chi connectivity index (χ1) is 8.77. The number of hydrogen-bond acceptors (Lipinski definition) is 7. The first-order valence-corrected chi connectivity index (χ1v) is 8.64. The van der Waals surface area contributed by atoms with Gasteiger partial charge in [-0.3, -0.25) is 0 Å². The maximum absolute atomic E-state index is 12.1. The Balaban J connectivity index is 2.42. The van der Waals surface area contributed by atoms with Crippen molar-refractivity contribution in [2.75, 3.05) is 29.5 Å². The van der Waals surface area contributed by atoms with Gasteiger partial charge in [0, 0.05) is 13.1 Å². The summed E-state index contributed by atoms with van der Waals surface area (Å²) in [4.78, 5) is 2.00. The summed E-state index contributed by atoms with van der Waals surface area (Å²) in [5.74, 6) is 0.0550. The van der Waals surface area contributed by atoms with Crippen molar-refractivity contribution in [3.05, 3.63) is 0 Å². The van der Waals surface area contributed by atoms with E-state index in [1.54, 1.807) is 13.8 Å². The Kier molecular flexibility index (Phi) is 3.76. The summed E-state index contributed by atoms with van der Waals surface area (Å²) in [7, 11) is -3.40.